The van der Waals surface area contributed by atoms with E-state index in [4.69, 9.17) is 11.6 Å². The molecule has 1 unspecified atom stereocenters. The van der Waals surface area contributed by atoms with Crippen LogP contribution in [-0.4, -0.2) is 34.9 Å². The number of nitrogens with zero attached hydrogens (tertiary/aromatic N) is 1. The third-order valence-electron chi connectivity index (χ3n) is 2.79. The van der Waals surface area contributed by atoms with E-state index >= 15 is 0 Å². The van der Waals surface area contributed by atoms with E-state index in [2.05, 4.69) is 22.9 Å². The Bertz CT molecular complexity index is 441. The lowest BCUT2D eigenvalue weighted by molar-refractivity contribution is 0.0715. The lowest BCUT2D eigenvalue weighted by atomic mass is 10.1. The monoisotopic (exact) mass is 333 g/mol. The fourth-order valence-corrected chi connectivity index (χ4v) is 3.71. The van der Waals surface area contributed by atoms with Gasteiger partial charge in [-0.3, -0.25) is 4.79 Å². The van der Waals surface area contributed by atoms with Gasteiger partial charge in [0.15, 0.2) is 0 Å². The molecule has 1 fully saturated rings. The zero-order chi connectivity index (χ0) is 12.4. The van der Waals surface area contributed by atoms with Crippen LogP contribution in [-0.2, 0) is 0 Å². The predicted octanol–water partition coefficient (Wildman–Crippen LogP) is 3.68. The second kappa shape index (κ2) is 5.63. The molecule has 0 saturated carbocycles. The fraction of sp³-hybridized carbons (Fsp3) is 0.417. The van der Waals surface area contributed by atoms with Crippen LogP contribution in [0.5, 0.6) is 0 Å². The number of halogens is 2. The Labute approximate surface area is 119 Å². The first-order chi connectivity index (χ1) is 8.09. The number of rotatable bonds is 1. The van der Waals surface area contributed by atoms with E-state index in [1.165, 1.54) is 0 Å². The maximum absolute atomic E-state index is 12.4. The number of carbonyl (C=O) groups excluding carboxylic acids is 1. The van der Waals surface area contributed by atoms with Gasteiger partial charge in [0.2, 0.25) is 0 Å². The number of thioether (sulfide) groups is 1. The topological polar surface area (TPSA) is 20.3 Å². The van der Waals surface area contributed by atoms with Crippen molar-refractivity contribution in [2.75, 3.05) is 18.1 Å². The van der Waals surface area contributed by atoms with E-state index in [0.717, 1.165) is 22.5 Å². The van der Waals surface area contributed by atoms with Crippen LogP contribution in [0.4, 0.5) is 0 Å². The summed E-state index contributed by atoms with van der Waals surface area (Å²) >= 11 is 11.2. The highest BCUT2D eigenvalue weighted by Gasteiger charge is 2.25. The van der Waals surface area contributed by atoms with Gasteiger partial charge in [-0.2, -0.15) is 11.8 Å². The van der Waals surface area contributed by atoms with Crippen LogP contribution in [0.2, 0.25) is 5.02 Å². The van der Waals surface area contributed by atoms with Crippen molar-refractivity contribution in [3.05, 3.63) is 33.3 Å². The molecule has 92 valence electrons. The number of hydrogen-bond donors (Lipinski definition) is 0. The van der Waals surface area contributed by atoms with Crippen LogP contribution in [0.1, 0.15) is 17.3 Å². The van der Waals surface area contributed by atoms with Crippen LogP contribution < -0.4 is 0 Å². The Morgan fingerprint density at radius 2 is 2.35 bits per heavy atom. The Balaban J connectivity index is 2.24. The Morgan fingerprint density at radius 1 is 1.59 bits per heavy atom. The molecule has 1 saturated heterocycles. The van der Waals surface area contributed by atoms with Gasteiger partial charge in [-0.25, -0.2) is 0 Å². The molecule has 5 heteroatoms. The highest BCUT2D eigenvalue weighted by atomic mass is 79.9. The second-order valence-corrected chi connectivity index (χ2v) is 6.49. The molecule has 1 aromatic carbocycles. The van der Waals surface area contributed by atoms with Crippen LogP contribution in [0, 0.1) is 0 Å². The first-order valence-corrected chi connectivity index (χ1v) is 7.76. The van der Waals surface area contributed by atoms with Gasteiger partial charge in [-0.15, -0.1) is 0 Å². The van der Waals surface area contributed by atoms with Crippen molar-refractivity contribution in [1.29, 1.82) is 0 Å². The summed E-state index contributed by atoms with van der Waals surface area (Å²) in [6.45, 7) is 2.91. The van der Waals surface area contributed by atoms with Crippen molar-refractivity contribution < 1.29 is 4.79 Å². The molecular weight excluding hydrogens is 322 g/mol. The van der Waals surface area contributed by atoms with E-state index in [1.54, 1.807) is 18.2 Å². The van der Waals surface area contributed by atoms with Crippen molar-refractivity contribution in [3.8, 4) is 0 Å². The average Bonchev–Trinajstić information content (AvgIpc) is 2.29. The lowest BCUT2D eigenvalue weighted by Gasteiger charge is -2.33. The van der Waals surface area contributed by atoms with Crippen LogP contribution in [0.25, 0.3) is 0 Å². The summed E-state index contributed by atoms with van der Waals surface area (Å²) in [6.07, 6.45) is 0. The summed E-state index contributed by atoms with van der Waals surface area (Å²) in [6, 6.07) is 5.59. The summed E-state index contributed by atoms with van der Waals surface area (Å²) in [5.74, 6) is 2.11. The van der Waals surface area contributed by atoms with Gasteiger partial charge in [-0.05, 0) is 41.1 Å². The number of carbonyl (C=O) groups is 1. The first kappa shape index (κ1) is 13.2. The molecule has 0 spiro atoms. The van der Waals surface area contributed by atoms with Crippen molar-refractivity contribution in [1.82, 2.24) is 4.90 Å². The van der Waals surface area contributed by atoms with Crippen molar-refractivity contribution >= 4 is 45.2 Å². The van der Waals surface area contributed by atoms with E-state index in [0.29, 0.717) is 16.6 Å². The van der Waals surface area contributed by atoms with E-state index in [9.17, 15) is 4.79 Å². The molecule has 1 atom stereocenters. The highest BCUT2D eigenvalue weighted by molar-refractivity contribution is 9.10. The number of benzene rings is 1. The molecule has 0 aromatic heterocycles. The largest absolute Gasteiger partial charge is 0.334 e. The minimum absolute atomic E-state index is 0.0846. The molecule has 1 heterocycles. The van der Waals surface area contributed by atoms with Crippen LogP contribution >= 0.6 is 39.3 Å². The minimum Gasteiger partial charge on any atom is -0.334 e. The Hall–Kier alpha value is -0.190. The normalized spacial score (nSPS) is 20.4. The maximum atomic E-state index is 12.4. The quantitative estimate of drug-likeness (QED) is 0.781. The molecule has 1 amide bonds. The lowest BCUT2D eigenvalue weighted by Crippen LogP contribution is -2.44. The van der Waals surface area contributed by atoms with Crippen molar-refractivity contribution in [2.24, 2.45) is 0 Å². The Kier molecular flexibility index (Phi) is 4.39. The highest BCUT2D eigenvalue weighted by Crippen LogP contribution is 2.25. The molecule has 1 aromatic rings. The molecule has 2 rings (SSSR count). The number of hydrogen-bond acceptors (Lipinski definition) is 2. The summed E-state index contributed by atoms with van der Waals surface area (Å²) in [5, 5.41) is 0.635. The maximum Gasteiger partial charge on any atom is 0.255 e. The predicted molar refractivity (Wildman–Crippen MR) is 77.0 cm³/mol. The first-order valence-electron chi connectivity index (χ1n) is 5.43. The summed E-state index contributed by atoms with van der Waals surface area (Å²) < 4.78 is 0.764. The fourth-order valence-electron chi connectivity index (χ4n) is 1.85. The third-order valence-corrected chi connectivity index (χ3v) is 4.87. The molecule has 1 aliphatic rings. The van der Waals surface area contributed by atoms with Gasteiger partial charge in [0.1, 0.15) is 0 Å². The molecule has 0 aliphatic carbocycles. The van der Waals surface area contributed by atoms with Gasteiger partial charge < -0.3 is 4.90 Å². The average molecular weight is 335 g/mol. The smallest absolute Gasteiger partial charge is 0.255 e. The summed E-state index contributed by atoms with van der Waals surface area (Å²) in [7, 11) is 0. The van der Waals surface area contributed by atoms with Crippen LogP contribution in [0.3, 0.4) is 0 Å². The number of amides is 1. The van der Waals surface area contributed by atoms with Crippen LogP contribution in [0.15, 0.2) is 22.7 Å². The molecule has 0 radical (unpaired) electrons. The van der Waals surface area contributed by atoms with E-state index < -0.39 is 0 Å². The van der Waals surface area contributed by atoms with Gasteiger partial charge in [0.05, 0.1) is 5.56 Å². The van der Waals surface area contributed by atoms with Gasteiger partial charge in [0, 0.05) is 33.6 Å². The molecule has 17 heavy (non-hydrogen) atoms. The van der Waals surface area contributed by atoms with Gasteiger partial charge in [0.25, 0.3) is 5.91 Å². The van der Waals surface area contributed by atoms with Crippen molar-refractivity contribution in [3.63, 3.8) is 0 Å². The molecular formula is C12H13BrClNOS. The zero-order valence-corrected chi connectivity index (χ0v) is 12.6. The molecule has 0 bridgehead atoms. The zero-order valence-electron chi connectivity index (χ0n) is 9.45. The second-order valence-electron chi connectivity index (χ2n) is 4.05. The van der Waals surface area contributed by atoms with E-state index in [-0.39, 0.29) is 5.91 Å². The molecule has 1 aliphatic heterocycles. The molecule has 2 nitrogen and oxygen atoms in total. The van der Waals surface area contributed by atoms with Gasteiger partial charge >= 0.3 is 0 Å². The van der Waals surface area contributed by atoms with Crippen molar-refractivity contribution in [2.45, 2.75) is 13.0 Å². The summed E-state index contributed by atoms with van der Waals surface area (Å²) in [5.41, 5.74) is 0.688. The minimum atomic E-state index is 0.0846. The Morgan fingerprint density at radius 3 is 3.00 bits per heavy atom. The molecule has 0 N–H and O–H groups in total. The van der Waals surface area contributed by atoms with Gasteiger partial charge in [-0.1, -0.05) is 11.6 Å². The summed E-state index contributed by atoms with van der Waals surface area (Å²) in [4.78, 5) is 14.3. The SMILES string of the molecule is CC1CSCCN1C(=O)c1ccc(Cl)cc1Br. The standard InChI is InChI=1S/C12H13BrClNOS/c1-8-7-17-5-4-15(8)12(16)10-3-2-9(14)6-11(10)13/h2-3,6,8H,4-5,7H2,1H3. The van der Waals surface area contributed by atoms with E-state index in [1.807, 2.05) is 16.7 Å². The third kappa shape index (κ3) is 2.98.